The number of benzene rings is 1. The van der Waals surface area contributed by atoms with Crippen molar-refractivity contribution in [1.82, 2.24) is 20.1 Å². The van der Waals surface area contributed by atoms with Crippen LogP contribution in [-0.4, -0.2) is 33.1 Å². The van der Waals surface area contributed by atoms with Crippen molar-refractivity contribution in [3.05, 3.63) is 66.5 Å². The standard InChI is InChI=1S/C20H20N4O3/c1-13(2)17-10-18(15-6-4-14(5-7-15)11-22-20(25)26)24(23-17)16-8-9-19(27-3)21-12-16/h4-10,12,22H,1,11H2,2-3H3,(H,25,26). The summed E-state index contributed by atoms with van der Waals surface area (Å²) in [5.41, 5.74) is 5.16. The molecule has 138 valence electrons. The molecule has 0 aliphatic carbocycles. The molecule has 27 heavy (non-hydrogen) atoms. The highest BCUT2D eigenvalue weighted by atomic mass is 16.5. The van der Waals surface area contributed by atoms with Crippen LogP contribution >= 0.6 is 0 Å². The minimum atomic E-state index is -1.05. The number of amides is 1. The van der Waals surface area contributed by atoms with Crippen LogP contribution in [0.15, 0.2) is 55.2 Å². The van der Waals surface area contributed by atoms with E-state index in [0.717, 1.165) is 33.8 Å². The Bertz CT molecular complexity index is 960. The topological polar surface area (TPSA) is 89.3 Å². The van der Waals surface area contributed by atoms with Crippen molar-refractivity contribution in [3.8, 4) is 22.8 Å². The van der Waals surface area contributed by atoms with E-state index in [1.54, 1.807) is 24.1 Å². The average Bonchev–Trinajstić information content (AvgIpc) is 3.12. The fraction of sp³-hybridized carbons (Fsp3) is 0.150. The Balaban J connectivity index is 1.98. The molecule has 1 amide bonds. The van der Waals surface area contributed by atoms with Gasteiger partial charge >= 0.3 is 6.09 Å². The number of nitrogens with zero attached hydrogens (tertiary/aromatic N) is 3. The van der Waals surface area contributed by atoms with Crippen LogP contribution in [-0.2, 0) is 6.54 Å². The van der Waals surface area contributed by atoms with E-state index in [0.29, 0.717) is 5.88 Å². The summed E-state index contributed by atoms with van der Waals surface area (Å²) < 4.78 is 6.92. The molecule has 0 aliphatic heterocycles. The molecule has 2 aromatic heterocycles. The maximum absolute atomic E-state index is 10.6. The van der Waals surface area contributed by atoms with Gasteiger partial charge in [-0.3, -0.25) is 0 Å². The lowest BCUT2D eigenvalue weighted by Gasteiger charge is -2.09. The number of pyridine rings is 1. The normalized spacial score (nSPS) is 10.4. The minimum Gasteiger partial charge on any atom is -0.481 e. The maximum Gasteiger partial charge on any atom is 0.404 e. The number of rotatable bonds is 6. The van der Waals surface area contributed by atoms with Gasteiger partial charge in [-0.2, -0.15) is 5.10 Å². The first kappa shape index (κ1) is 18.2. The fourth-order valence-corrected chi connectivity index (χ4v) is 2.58. The molecule has 2 N–H and O–H groups in total. The van der Waals surface area contributed by atoms with E-state index in [1.165, 1.54) is 0 Å². The second-order valence-electron chi connectivity index (χ2n) is 6.02. The van der Waals surface area contributed by atoms with Crippen molar-refractivity contribution in [1.29, 1.82) is 0 Å². The number of allylic oxidation sites excluding steroid dienone is 1. The summed E-state index contributed by atoms with van der Waals surface area (Å²) in [6.07, 6.45) is 0.651. The molecule has 0 saturated carbocycles. The van der Waals surface area contributed by atoms with E-state index >= 15 is 0 Å². The van der Waals surface area contributed by atoms with Crippen LogP contribution in [0.5, 0.6) is 5.88 Å². The van der Waals surface area contributed by atoms with Crippen molar-refractivity contribution in [2.24, 2.45) is 0 Å². The first-order valence-electron chi connectivity index (χ1n) is 8.30. The van der Waals surface area contributed by atoms with E-state index in [9.17, 15) is 4.79 Å². The molecular formula is C20H20N4O3. The van der Waals surface area contributed by atoms with Crippen molar-refractivity contribution in [3.63, 3.8) is 0 Å². The van der Waals surface area contributed by atoms with Gasteiger partial charge in [0.15, 0.2) is 0 Å². The Labute approximate surface area is 156 Å². The van der Waals surface area contributed by atoms with Crippen molar-refractivity contribution < 1.29 is 14.6 Å². The number of hydrogen-bond donors (Lipinski definition) is 2. The van der Waals surface area contributed by atoms with Crippen LogP contribution in [0.25, 0.3) is 22.5 Å². The second-order valence-corrected chi connectivity index (χ2v) is 6.02. The van der Waals surface area contributed by atoms with Gasteiger partial charge < -0.3 is 15.2 Å². The van der Waals surface area contributed by atoms with Crippen LogP contribution in [0.2, 0.25) is 0 Å². The molecule has 0 aliphatic rings. The Morgan fingerprint density at radius 2 is 2.00 bits per heavy atom. The van der Waals surface area contributed by atoms with Crippen LogP contribution in [0.3, 0.4) is 0 Å². The molecule has 3 rings (SSSR count). The molecule has 7 nitrogen and oxygen atoms in total. The van der Waals surface area contributed by atoms with Gasteiger partial charge in [0, 0.05) is 18.2 Å². The van der Waals surface area contributed by atoms with Gasteiger partial charge in [0.05, 0.1) is 30.4 Å². The monoisotopic (exact) mass is 364 g/mol. The SMILES string of the molecule is C=C(C)c1cc(-c2ccc(CNC(=O)O)cc2)n(-c2ccc(OC)nc2)n1. The highest BCUT2D eigenvalue weighted by Gasteiger charge is 2.13. The Morgan fingerprint density at radius 1 is 1.26 bits per heavy atom. The summed E-state index contributed by atoms with van der Waals surface area (Å²) in [4.78, 5) is 14.9. The molecule has 0 radical (unpaired) electrons. The zero-order chi connectivity index (χ0) is 19.4. The summed E-state index contributed by atoms with van der Waals surface area (Å²) in [6, 6.07) is 13.3. The van der Waals surface area contributed by atoms with Crippen LogP contribution in [0, 0.1) is 0 Å². The first-order valence-corrected chi connectivity index (χ1v) is 8.30. The zero-order valence-electron chi connectivity index (χ0n) is 15.1. The minimum absolute atomic E-state index is 0.258. The van der Waals surface area contributed by atoms with Crippen LogP contribution in [0.1, 0.15) is 18.2 Å². The molecule has 0 fully saturated rings. The lowest BCUT2D eigenvalue weighted by Crippen LogP contribution is -2.19. The third-order valence-electron chi connectivity index (χ3n) is 4.01. The van der Waals surface area contributed by atoms with E-state index < -0.39 is 6.09 Å². The van der Waals surface area contributed by atoms with E-state index in [-0.39, 0.29) is 6.54 Å². The fourth-order valence-electron chi connectivity index (χ4n) is 2.58. The van der Waals surface area contributed by atoms with Gasteiger partial charge in [0.25, 0.3) is 0 Å². The molecule has 7 heteroatoms. The van der Waals surface area contributed by atoms with Gasteiger partial charge in [0.2, 0.25) is 5.88 Å². The Kier molecular flexibility index (Phi) is 5.21. The van der Waals surface area contributed by atoms with Crippen molar-refractivity contribution in [2.75, 3.05) is 7.11 Å². The molecule has 0 saturated heterocycles. The quantitative estimate of drug-likeness (QED) is 0.695. The van der Waals surface area contributed by atoms with Crippen LogP contribution < -0.4 is 10.1 Å². The number of methoxy groups -OCH3 is 1. The zero-order valence-corrected chi connectivity index (χ0v) is 15.1. The van der Waals surface area contributed by atoms with E-state index in [4.69, 9.17) is 9.84 Å². The van der Waals surface area contributed by atoms with Gasteiger partial charge in [-0.05, 0) is 30.2 Å². The molecular weight excluding hydrogens is 344 g/mol. The lowest BCUT2D eigenvalue weighted by atomic mass is 10.1. The molecule has 2 heterocycles. The Morgan fingerprint density at radius 3 is 2.56 bits per heavy atom. The summed E-state index contributed by atoms with van der Waals surface area (Å²) in [5.74, 6) is 0.530. The number of hydrogen-bond acceptors (Lipinski definition) is 4. The predicted molar refractivity (Wildman–Crippen MR) is 103 cm³/mol. The molecule has 0 bridgehead atoms. The first-order chi connectivity index (χ1) is 13.0. The molecule has 0 spiro atoms. The summed E-state index contributed by atoms with van der Waals surface area (Å²) in [6.45, 7) is 6.14. The number of nitrogens with one attached hydrogen (secondary N) is 1. The molecule has 0 unspecified atom stereocenters. The summed E-state index contributed by atoms with van der Waals surface area (Å²) in [5, 5.41) is 15.7. The highest BCUT2D eigenvalue weighted by Crippen LogP contribution is 2.27. The third kappa shape index (κ3) is 4.14. The van der Waals surface area contributed by atoms with Crippen molar-refractivity contribution >= 4 is 11.7 Å². The molecule has 0 atom stereocenters. The lowest BCUT2D eigenvalue weighted by molar-refractivity contribution is 0.194. The maximum atomic E-state index is 10.6. The summed E-state index contributed by atoms with van der Waals surface area (Å²) >= 11 is 0. The van der Waals surface area contributed by atoms with E-state index in [1.807, 2.05) is 43.3 Å². The van der Waals surface area contributed by atoms with E-state index in [2.05, 4.69) is 22.0 Å². The average molecular weight is 364 g/mol. The van der Waals surface area contributed by atoms with Gasteiger partial charge in [0.1, 0.15) is 0 Å². The highest BCUT2D eigenvalue weighted by molar-refractivity contribution is 5.69. The second kappa shape index (κ2) is 7.74. The molecule has 3 aromatic rings. The number of ether oxygens (including phenoxy) is 1. The number of carbonyl (C=O) groups is 1. The smallest absolute Gasteiger partial charge is 0.404 e. The third-order valence-corrected chi connectivity index (χ3v) is 4.01. The Hall–Kier alpha value is -3.61. The van der Waals surface area contributed by atoms with Gasteiger partial charge in [-0.1, -0.05) is 30.8 Å². The summed E-state index contributed by atoms with van der Waals surface area (Å²) in [7, 11) is 1.57. The number of carboxylic acid groups (broad SMARTS) is 1. The predicted octanol–water partition coefficient (Wildman–Crippen LogP) is 3.74. The van der Waals surface area contributed by atoms with Gasteiger partial charge in [-0.15, -0.1) is 0 Å². The van der Waals surface area contributed by atoms with Crippen molar-refractivity contribution in [2.45, 2.75) is 13.5 Å². The van der Waals surface area contributed by atoms with Gasteiger partial charge in [-0.25, -0.2) is 14.5 Å². The number of aromatic nitrogens is 3. The molecule has 1 aromatic carbocycles. The largest absolute Gasteiger partial charge is 0.481 e. The van der Waals surface area contributed by atoms with Crippen LogP contribution in [0.4, 0.5) is 4.79 Å².